The molecular formula is C10H11N7. The molecule has 0 unspecified atom stereocenters. The van der Waals surface area contributed by atoms with Crippen LogP contribution in [0.4, 0.5) is 0 Å². The number of aryl methyl sites for hydroxylation is 1. The summed E-state index contributed by atoms with van der Waals surface area (Å²) in [6.45, 7) is 2.28. The fourth-order valence-corrected chi connectivity index (χ4v) is 1.78. The van der Waals surface area contributed by atoms with Crippen LogP contribution in [-0.4, -0.2) is 29.1 Å². The molecule has 0 aliphatic heterocycles. The lowest BCUT2D eigenvalue weighted by Gasteiger charge is -2.08. The molecule has 0 aromatic carbocycles. The molecule has 3 aromatic rings. The monoisotopic (exact) mass is 229 g/mol. The fourth-order valence-electron chi connectivity index (χ4n) is 1.78. The average Bonchev–Trinajstić information content (AvgIpc) is 2.95. The molecule has 3 heterocycles. The van der Waals surface area contributed by atoms with Gasteiger partial charge in [0.05, 0.1) is 6.54 Å². The lowest BCUT2D eigenvalue weighted by atomic mass is 10.4. The van der Waals surface area contributed by atoms with Crippen LogP contribution in [-0.2, 0) is 6.54 Å². The third-order valence-corrected chi connectivity index (χ3v) is 2.51. The average molecular weight is 229 g/mol. The van der Waals surface area contributed by atoms with E-state index in [0.717, 1.165) is 17.3 Å². The van der Waals surface area contributed by atoms with Gasteiger partial charge in [0.2, 0.25) is 0 Å². The highest BCUT2D eigenvalue weighted by atomic mass is 15.4. The van der Waals surface area contributed by atoms with Gasteiger partial charge in [-0.2, -0.15) is 14.6 Å². The van der Waals surface area contributed by atoms with Crippen molar-refractivity contribution >= 4 is 5.78 Å². The minimum atomic E-state index is 0.366. The summed E-state index contributed by atoms with van der Waals surface area (Å²) in [5, 5.41) is 4.14. The van der Waals surface area contributed by atoms with Gasteiger partial charge in [0, 0.05) is 24.2 Å². The van der Waals surface area contributed by atoms with Crippen molar-refractivity contribution in [1.82, 2.24) is 29.1 Å². The van der Waals surface area contributed by atoms with E-state index in [1.807, 2.05) is 23.8 Å². The zero-order chi connectivity index (χ0) is 11.8. The van der Waals surface area contributed by atoms with E-state index in [4.69, 9.17) is 5.73 Å². The second kappa shape index (κ2) is 3.63. The number of imidazole rings is 1. The molecule has 3 aromatic heterocycles. The Bertz CT molecular complexity index is 666. The number of nitrogens with zero attached hydrogens (tertiary/aromatic N) is 6. The van der Waals surface area contributed by atoms with E-state index >= 15 is 0 Å². The second-order valence-corrected chi connectivity index (χ2v) is 3.65. The Morgan fingerprint density at radius 2 is 2.24 bits per heavy atom. The van der Waals surface area contributed by atoms with Crippen molar-refractivity contribution in [1.29, 1.82) is 0 Å². The van der Waals surface area contributed by atoms with Gasteiger partial charge in [0.1, 0.15) is 18.0 Å². The van der Waals surface area contributed by atoms with Crippen LogP contribution in [0.2, 0.25) is 0 Å². The number of aromatic nitrogens is 6. The SMILES string of the molecule is Cc1cc(-n2ccnc2CN)n2ncnc2n1. The van der Waals surface area contributed by atoms with Crippen LogP contribution in [0.1, 0.15) is 11.5 Å². The standard InChI is InChI=1S/C10H11N7/c1-7-4-9(16-3-2-12-8(16)5-11)17-10(15-7)13-6-14-17/h2-4,6H,5,11H2,1H3. The van der Waals surface area contributed by atoms with E-state index in [0.29, 0.717) is 12.3 Å². The van der Waals surface area contributed by atoms with Crippen LogP contribution in [0, 0.1) is 6.92 Å². The highest BCUT2D eigenvalue weighted by Gasteiger charge is 2.10. The van der Waals surface area contributed by atoms with E-state index in [-0.39, 0.29) is 0 Å². The summed E-state index contributed by atoms with van der Waals surface area (Å²) >= 11 is 0. The van der Waals surface area contributed by atoms with E-state index in [2.05, 4.69) is 20.1 Å². The Hall–Kier alpha value is -2.28. The quantitative estimate of drug-likeness (QED) is 0.672. The first-order valence-electron chi connectivity index (χ1n) is 5.19. The van der Waals surface area contributed by atoms with Crippen molar-refractivity contribution in [3.05, 3.63) is 36.3 Å². The third-order valence-electron chi connectivity index (χ3n) is 2.51. The van der Waals surface area contributed by atoms with Crippen molar-refractivity contribution in [3.8, 4) is 5.82 Å². The summed E-state index contributed by atoms with van der Waals surface area (Å²) in [7, 11) is 0. The highest BCUT2D eigenvalue weighted by molar-refractivity contribution is 5.38. The summed E-state index contributed by atoms with van der Waals surface area (Å²) in [6, 6.07) is 1.92. The summed E-state index contributed by atoms with van der Waals surface area (Å²) in [5.74, 6) is 2.17. The molecule has 2 N–H and O–H groups in total. The molecule has 17 heavy (non-hydrogen) atoms. The maximum absolute atomic E-state index is 5.65. The van der Waals surface area contributed by atoms with Gasteiger partial charge in [-0.1, -0.05) is 0 Å². The highest BCUT2D eigenvalue weighted by Crippen LogP contribution is 2.12. The van der Waals surface area contributed by atoms with E-state index in [1.54, 1.807) is 10.7 Å². The molecule has 0 bridgehead atoms. The molecule has 0 radical (unpaired) electrons. The van der Waals surface area contributed by atoms with E-state index in [9.17, 15) is 0 Å². The van der Waals surface area contributed by atoms with Crippen molar-refractivity contribution in [2.45, 2.75) is 13.5 Å². The van der Waals surface area contributed by atoms with Crippen LogP contribution >= 0.6 is 0 Å². The Balaban J connectivity index is 2.32. The number of hydrogen-bond donors (Lipinski definition) is 1. The topological polar surface area (TPSA) is 86.9 Å². The van der Waals surface area contributed by atoms with Gasteiger partial charge in [0.15, 0.2) is 0 Å². The van der Waals surface area contributed by atoms with E-state index < -0.39 is 0 Å². The molecular weight excluding hydrogens is 218 g/mol. The summed E-state index contributed by atoms with van der Waals surface area (Å²) in [5.41, 5.74) is 6.52. The largest absolute Gasteiger partial charge is 0.324 e. The molecule has 0 fully saturated rings. The van der Waals surface area contributed by atoms with Gasteiger partial charge >= 0.3 is 0 Å². The fraction of sp³-hybridized carbons (Fsp3) is 0.200. The van der Waals surface area contributed by atoms with E-state index in [1.165, 1.54) is 6.33 Å². The first kappa shape index (κ1) is 9.91. The van der Waals surface area contributed by atoms with Crippen LogP contribution in [0.5, 0.6) is 0 Å². The minimum absolute atomic E-state index is 0.366. The van der Waals surface area contributed by atoms with Crippen LogP contribution in [0.15, 0.2) is 24.8 Å². The second-order valence-electron chi connectivity index (χ2n) is 3.65. The molecule has 3 rings (SSSR count). The molecule has 0 aliphatic rings. The molecule has 0 spiro atoms. The molecule has 86 valence electrons. The minimum Gasteiger partial charge on any atom is -0.324 e. The van der Waals surface area contributed by atoms with Gasteiger partial charge in [-0.3, -0.25) is 4.57 Å². The predicted octanol–water partition coefficient (Wildman–Crippen LogP) is 0.0771. The zero-order valence-electron chi connectivity index (χ0n) is 9.28. The maximum Gasteiger partial charge on any atom is 0.254 e. The lowest BCUT2D eigenvalue weighted by Crippen LogP contribution is -2.11. The molecule has 0 amide bonds. The normalized spacial score (nSPS) is 11.2. The number of nitrogens with two attached hydrogens (primary N) is 1. The van der Waals surface area contributed by atoms with Crippen molar-refractivity contribution in [3.63, 3.8) is 0 Å². The Morgan fingerprint density at radius 1 is 1.35 bits per heavy atom. The van der Waals surface area contributed by atoms with Gasteiger partial charge in [-0.15, -0.1) is 0 Å². The number of hydrogen-bond acceptors (Lipinski definition) is 5. The van der Waals surface area contributed by atoms with Crippen molar-refractivity contribution in [2.24, 2.45) is 5.73 Å². The lowest BCUT2D eigenvalue weighted by molar-refractivity contribution is 0.793. The summed E-state index contributed by atoms with van der Waals surface area (Å²) < 4.78 is 3.55. The molecule has 0 atom stereocenters. The van der Waals surface area contributed by atoms with Gasteiger partial charge in [-0.05, 0) is 6.92 Å². The van der Waals surface area contributed by atoms with Crippen LogP contribution in [0.25, 0.3) is 11.6 Å². The number of fused-ring (bicyclic) bond motifs is 1. The predicted molar refractivity (Wildman–Crippen MR) is 60.5 cm³/mol. The van der Waals surface area contributed by atoms with Crippen LogP contribution in [0.3, 0.4) is 0 Å². The first-order valence-corrected chi connectivity index (χ1v) is 5.19. The molecule has 0 saturated heterocycles. The Kier molecular flexibility index (Phi) is 2.12. The first-order chi connectivity index (χ1) is 8.29. The van der Waals surface area contributed by atoms with Crippen molar-refractivity contribution in [2.75, 3.05) is 0 Å². The van der Waals surface area contributed by atoms with Gasteiger partial charge in [0.25, 0.3) is 5.78 Å². The maximum atomic E-state index is 5.65. The Morgan fingerprint density at radius 3 is 3.06 bits per heavy atom. The third kappa shape index (κ3) is 1.48. The molecule has 7 nitrogen and oxygen atoms in total. The number of rotatable bonds is 2. The molecule has 0 saturated carbocycles. The Labute approximate surface area is 96.9 Å². The van der Waals surface area contributed by atoms with Crippen molar-refractivity contribution < 1.29 is 0 Å². The molecule has 0 aliphatic carbocycles. The summed E-state index contributed by atoms with van der Waals surface area (Å²) in [4.78, 5) is 12.6. The smallest absolute Gasteiger partial charge is 0.254 e. The summed E-state index contributed by atoms with van der Waals surface area (Å²) in [6.07, 6.45) is 5.03. The van der Waals surface area contributed by atoms with Gasteiger partial charge < -0.3 is 5.73 Å². The molecule has 7 heteroatoms. The zero-order valence-corrected chi connectivity index (χ0v) is 9.28. The van der Waals surface area contributed by atoms with Gasteiger partial charge in [-0.25, -0.2) is 9.97 Å². The van der Waals surface area contributed by atoms with Crippen LogP contribution < -0.4 is 5.73 Å².